The molecule has 1 rings (SSSR count). The van der Waals surface area contributed by atoms with Crippen LogP contribution in [0.2, 0.25) is 0 Å². The van der Waals surface area contributed by atoms with Crippen LogP contribution >= 0.6 is 0 Å². The van der Waals surface area contributed by atoms with Crippen molar-refractivity contribution < 1.29 is 8.42 Å². The Balaban J connectivity index is 2.59. The predicted molar refractivity (Wildman–Crippen MR) is 49.4 cm³/mol. The molecule has 4 heteroatoms. The minimum Gasteiger partial charge on any atom is -0.213 e. The summed E-state index contributed by atoms with van der Waals surface area (Å²) in [6.07, 6.45) is 1.27. The molecule has 1 saturated heterocycles. The topological polar surface area (TPSA) is 37.4 Å². The number of rotatable bonds is 2. The van der Waals surface area contributed by atoms with Gasteiger partial charge in [0.25, 0.3) is 0 Å². The van der Waals surface area contributed by atoms with Crippen molar-refractivity contribution in [3.8, 4) is 0 Å². The number of nitrogens with zero attached hydrogens (tertiary/aromatic N) is 1. The maximum absolute atomic E-state index is 11.0. The Kier molecular flexibility index (Phi) is 2.25. The molecule has 0 unspecified atom stereocenters. The Labute approximate surface area is 74.8 Å². The van der Waals surface area contributed by atoms with E-state index in [9.17, 15) is 8.42 Å². The van der Waals surface area contributed by atoms with Crippen LogP contribution in [0.3, 0.4) is 0 Å². The van der Waals surface area contributed by atoms with Gasteiger partial charge in [-0.2, -0.15) is 0 Å². The average Bonchev–Trinajstić information content (AvgIpc) is 1.77. The van der Waals surface area contributed by atoms with Crippen LogP contribution in [-0.2, 0) is 10.0 Å². The molecule has 1 fully saturated rings. The molecule has 0 aromatic carbocycles. The fourth-order valence-electron chi connectivity index (χ4n) is 1.36. The molecule has 0 aliphatic carbocycles. The van der Waals surface area contributed by atoms with Crippen molar-refractivity contribution >= 4 is 10.0 Å². The monoisotopic (exact) mass is 191 g/mol. The summed E-state index contributed by atoms with van der Waals surface area (Å²) in [4.78, 5) is 0. The van der Waals surface area contributed by atoms with Crippen LogP contribution in [0.15, 0.2) is 0 Å². The molecule has 0 atom stereocenters. The van der Waals surface area contributed by atoms with Crippen molar-refractivity contribution in [1.29, 1.82) is 0 Å². The summed E-state index contributed by atoms with van der Waals surface area (Å²) in [6.45, 7) is 7.78. The van der Waals surface area contributed by atoms with Gasteiger partial charge in [0, 0.05) is 13.1 Å². The number of sulfonamides is 1. The van der Waals surface area contributed by atoms with Crippen LogP contribution < -0.4 is 0 Å². The molecule has 1 heterocycles. The van der Waals surface area contributed by atoms with Gasteiger partial charge in [-0.15, -0.1) is 0 Å². The predicted octanol–water partition coefficient (Wildman–Crippen LogP) is 0.924. The molecule has 0 N–H and O–H groups in total. The van der Waals surface area contributed by atoms with Gasteiger partial charge >= 0.3 is 0 Å². The van der Waals surface area contributed by atoms with Gasteiger partial charge in [-0.25, -0.2) is 12.7 Å². The lowest BCUT2D eigenvalue weighted by atomic mass is 9.74. The van der Waals surface area contributed by atoms with E-state index in [1.54, 1.807) is 0 Å². The van der Waals surface area contributed by atoms with Crippen molar-refractivity contribution in [2.45, 2.75) is 20.8 Å². The molecule has 12 heavy (non-hydrogen) atoms. The third-order valence-corrected chi connectivity index (χ3v) is 4.13. The summed E-state index contributed by atoms with van der Waals surface area (Å²) in [6, 6.07) is 0. The van der Waals surface area contributed by atoms with Gasteiger partial charge < -0.3 is 0 Å². The van der Waals surface area contributed by atoms with Crippen LogP contribution in [0.25, 0.3) is 0 Å². The van der Waals surface area contributed by atoms with E-state index in [0.717, 1.165) is 0 Å². The minimum absolute atomic E-state index is 0.198. The summed E-state index contributed by atoms with van der Waals surface area (Å²) in [5.41, 5.74) is 0.198. The normalized spacial score (nSPS) is 24.1. The van der Waals surface area contributed by atoms with E-state index < -0.39 is 10.0 Å². The second-order valence-corrected chi connectivity index (χ2v) is 6.32. The fraction of sp³-hybridized carbons (Fsp3) is 1.00. The van der Waals surface area contributed by atoms with Crippen molar-refractivity contribution in [2.24, 2.45) is 11.3 Å². The second-order valence-electron chi connectivity index (χ2n) is 4.34. The summed E-state index contributed by atoms with van der Waals surface area (Å²) in [5.74, 6) is 0.551. The molecule has 0 amide bonds. The maximum atomic E-state index is 11.0. The SMILES string of the molecule is CC(C)C1(C)CN(S(C)(=O)=O)C1. The Morgan fingerprint density at radius 1 is 1.33 bits per heavy atom. The lowest BCUT2D eigenvalue weighted by Crippen LogP contribution is -2.58. The van der Waals surface area contributed by atoms with Gasteiger partial charge in [-0.1, -0.05) is 20.8 Å². The third-order valence-electron chi connectivity index (χ3n) is 2.94. The molecule has 0 saturated carbocycles. The molecule has 1 aliphatic heterocycles. The Morgan fingerprint density at radius 3 is 2.00 bits per heavy atom. The molecular weight excluding hydrogens is 174 g/mol. The zero-order chi connectivity index (χ0) is 9.57. The smallest absolute Gasteiger partial charge is 0.211 e. The second kappa shape index (κ2) is 2.70. The Bertz CT molecular complexity index is 263. The lowest BCUT2D eigenvalue weighted by Gasteiger charge is -2.49. The van der Waals surface area contributed by atoms with Gasteiger partial charge in [-0.3, -0.25) is 0 Å². The van der Waals surface area contributed by atoms with Crippen molar-refractivity contribution in [1.82, 2.24) is 4.31 Å². The Morgan fingerprint density at radius 2 is 1.75 bits per heavy atom. The van der Waals surface area contributed by atoms with Crippen molar-refractivity contribution in [2.75, 3.05) is 19.3 Å². The quantitative estimate of drug-likeness (QED) is 0.651. The summed E-state index contributed by atoms with van der Waals surface area (Å²) in [7, 11) is -2.94. The molecule has 72 valence electrons. The lowest BCUT2D eigenvalue weighted by molar-refractivity contribution is 0.0420. The van der Waals surface area contributed by atoms with Gasteiger partial charge in [0.05, 0.1) is 6.26 Å². The van der Waals surface area contributed by atoms with E-state index in [1.165, 1.54) is 10.6 Å². The maximum Gasteiger partial charge on any atom is 0.211 e. The summed E-state index contributed by atoms with van der Waals surface area (Å²) >= 11 is 0. The molecular formula is C8H17NO2S. The highest BCUT2D eigenvalue weighted by molar-refractivity contribution is 7.88. The highest BCUT2D eigenvalue weighted by atomic mass is 32.2. The molecule has 0 bridgehead atoms. The zero-order valence-corrected chi connectivity index (χ0v) is 8.98. The van der Waals surface area contributed by atoms with Crippen LogP contribution in [0.5, 0.6) is 0 Å². The fourth-order valence-corrected chi connectivity index (χ4v) is 2.42. The standard InChI is InChI=1S/C8H17NO2S/c1-7(2)8(3)5-9(6-8)12(4,10)11/h7H,5-6H2,1-4H3. The van der Waals surface area contributed by atoms with Crippen molar-refractivity contribution in [3.05, 3.63) is 0 Å². The first-order valence-electron chi connectivity index (χ1n) is 4.21. The van der Waals surface area contributed by atoms with E-state index in [-0.39, 0.29) is 5.41 Å². The molecule has 0 aromatic heterocycles. The largest absolute Gasteiger partial charge is 0.213 e. The van der Waals surface area contributed by atoms with E-state index in [1.807, 2.05) is 0 Å². The highest BCUT2D eigenvalue weighted by Crippen LogP contribution is 2.38. The first-order chi connectivity index (χ1) is 5.26. The third kappa shape index (κ3) is 1.64. The molecule has 0 spiro atoms. The Hall–Kier alpha value is -0.0900. The van der Waals surface area contributed by atoms with Gasteiger partial charge in [0.2, 0.25) is 10.0 Å². The summed E-state index contributed by atoms with van der Waals surface area (Å²) in [5, 5.41) is 0. The van der Waals surface area contributed by atoms with Gasteiger partial charge in [0.15, 0.2) is 0 Å². The van der Waals surface area contributed by atoms with E-state index >= 15 is 0 Å². The zero-order valence-electron chi connectivity index (χ0n) is 8.16. The summed E-state index contributed by atoms with van der Waals surface area (Å²) < 4.78 is 23.6. The molecule has 0 aromatic rings. The number of hydrogen-bond acceptors (Lipinski definition) is 2. The van der Waals surface area contributed by atoms with E-state index in [0.29, 0.717) is 19.0 Å². The number of hydrogen-bond donors (Lipinski definition) is 0. The molecule has 3 nitrogen and oxygen atoms in total. The van der Waals surface area contributed by atoms with Gasteiger partial charge in [0.1, 0.15) is 0 Å². The van der Waals surface area contributed by atoms with Crippen LogP contribution in [0.1, 0.15) is 20.8 Å². The van der Waals surface area contributed by atoms with E-state index in [4.69, 9.17) is 0 Å². The van der Waals surface area contributed by atoms with Crippen LogP contribution in [0.4, 0.5) is 0 Å². The highest BCUT2D eigenvalue weighted by Gasteiger charge is 2.44. The van der Waals surface area contributed by atoms with Crippen LogP contribution in [0, 0.1) is 11.3 Å². The molecule has 0 radical (unpaired) electrons. The van der Waals surface area contributed by atoms with Crippen LogP contribution in [-0.4, -0.2) is 32.1 Å². The first-order valence-corrected chi connectivity index (χ1v) is 6.06. The van der Waals surface area contributed by atoms with E-state index in [2.05, 4.69) is 20.8 Å². The first kappa shape index (κ1) is 9.99. The minimum atomic E-state index is -2.94. The molecule has 1 aliphatic rings. The van der Waals surface area contributed by atoms with Gasteiger partial charge in [-0.05, 0) is 11.3 Å². The van der Waals surface area contributed by atoms with Crippen molar-refractivity contribution in [3.63, 3.8) is 0 Å². The average molecular weight is 191 g/mol.